The number of rotatable bonds is 6. The number of halogens is 1. The number of anilines is 2. The van der Waals surface area contributed by atoms with Gasteiger partial charge in [-0.1, -0.05) is 24.6 Å². The van der Waals surface area contributed by atoms with Gasteiger partial charge in [-0.3, -0.25) is 9.10 Å². The van der Waals surface area contributed by atoms with Crippen molar-refractivity contribution in [1.29, 1.82) is 0 Å². The van der Waals surface area contributed by atoms with Crippen LogP contribution in [-0.2, 0) is 14.8 Å². The number of benzene rings is 2. The summed E-state index contributed by atoms with van der Waals surface area (Å²) in [4.78, 5) is 13.0. The van der Waals surface area contributed by atoms with Crippen LogP contribution in [-0.4, -0.2) is 26.6 Å². The first kappa shape index (κ1) is 21.3. The monoisotopic (exact) mass is 408 g/mol. The molecule has 0 bridgehead atoms. The maximum absolute atomic E-state index is 13.0. The number of sulfonamides is 1. The summed E-state index contributed by atoms with van der Waals surface area (Å²) in [5.41, 5.74) is 3.77. The Morgan fingerprint density at radius 3 is 2.19 bits per heavy atom. The van der Waals surface area contributed by atoms with Crippen LogP contribution < -0.4 is 9.62 Å². The van der Waals surface area contributed by atoms with Crippen LogP contribution in [0.3, 0.4) is 0 Å². The summed E-state index contributed by atoms with van der Waals surface area (Å²) in [7, 11) is -3.67. The van der Waals surface area contributed by atoms with Crippen LogP contribution in [0, 0.1) is 20.8 Å². The highest BCUT2D eigenvalue weighted by molar-refractivity contribution is 7.92. The number of hydrogen-bond acceptors (Lipinski definition) is 3. The van der Waals surface area contributed by atoms with E-state index in [1.54, 1.807) is 37.3 Å². The van der Waals surface area contributed by atoms with E-state index in [2.05, 4.69) is 5.32 Å². The third kappa shape index (κ3) is 5.23. The standard InChI is InChI=1S/C20H25ClN2O3S/c1-6-19(20(24)22-18-8-7-16(21)12-15(18)4)23(27(5,25)26)17-10-13(2)9-14(3)11-17/h7-12,19H,6H2,1-5H3,(H,22,24)/t19-/m1/s1. The zero-order valence-electron chi connectivity index (χ0n) is 16.2. The third-order valence-electron chi connectivity index (χ3n) is 4.24. The van der Waals surface area contributed by atoms with Gasteiger partial charge in [-0.2, -0.15) is 0 Å². The zero-order chi connectivity index (χ0) is 20.4. The molecule has 1 amide bonds. The molecule has 0 saturated heterocycles. The number of nitrogens with one attached hydrogen (secondary N) is 1. The lowest BCUT2D eigenvalue weighted by Crippen LogP contribution is -2.47. The molecule has 2 aromatic carbocycles. The molecule has 0 heterocycles. The zero-order valence-corrected chi connectivity index (χ0v) is 17.8. The van der Waals surface area contributed by atoms with Crippen LogP contribution in [0.15, 0.2) is 36.4 Å². The average Bonchev–Trinajstić information content (AvgIpc) is 2.52. The van der Waals surface area contributed by atoms with Gasteiger partial charge in [0, 0.05) is 10.7 Å². The first-order chi connectivity index (χ1) is 12.5. The Kier molecular flexibility index (Phi) is 6.54. The molecule has 2 rings (SSSR count). The van der Waals surface area contributed by atoms with Crippen LogP contribution in [0.2, 0.25) is 5.02 Å². The van der Waals surface area contributed by atoms with E-state index in [1.165, 1.54) is 4.31 Å². The summed E-state index contributed by atoms with van der Waals surface area (Å²) < 4.78 is 26.3. The van der Waals surface area contributed by atoms with Crippen molar-refractivity contribution in [2.45, 2.75) is 40.2 Å². The Balaban J connectivity index is 2.44. The van der Waals surface area contributed by atoms with Crippen molar-refractivity contribution in [2.75, 3.05) is 15.9 Å². The summed E-state index contributed by atoms with van der Waals surface area (Å²) in [5.74, 6) is -0.382. The Labute approximate surface area is 166 Å². The maximum Gasteiger partial charge on any atom is 0.248 e. The van der Waals surface area contributed by atoms with E-state index in [0.717, 1.165) is 22.9 Å². The predicted octanol–water partition coefficient (Wildman–Crippen LogP) is 4.45. The summed E-state index contributed by atoms with van der Waals surface area (Å²) in [6.07, 6.45) is 1.45. The molecule has 0 aliphatic rings. The molecule has 2 aromatic rings. The van der Waals surface area contributed by atoms with Crippen molar-refractivity contribution in [3.05, 3.63) is 58.1 Å². The molecule has 7 heteroatoms. The largest absolute Gasteiger partial charge is 0.324 e. The van der Waals surface area contributed by atoms with E-state index in [4.69, 9.17) is 11.6 Å². The minimum absolute atomic E-state index is 0.332. The highest BCUT2D eigenvalue weighted by Gasteiger charge is 2.32. The van der Waals surface area contributed by atoms with Gasteiger partial charge in [0.1, 0.15) is 6.04 Å². The van der Waals surface area contributed by atoms with Crippen molar-refractivity contribution in [1.82, 2.24) is 0 Å². The molecule has 0 fully saturated rings. The van der Waals surface area contributed by atoms with Crippen LogP contribution >= 0.6 is 11.6 Å². The van der Waals surface area contributed by atoms with E-state index < -0.39 is 16.1 Å². The molecule has 1 atom stereocenters. The summed E-state index contributed by atoms with van der Waals surface area (Å²) in [6, 6.07) is 9.79. The molecule has 1 N–H and O–H groups in total. The minimum atomic E-state index is -3.67. The Hall–Kier alpha value is -2.05. The van der Waals surface area contributed by atoms with E-state index in [1.807, 2.05) is 26.8 Å². The first-order valence-electron chi connectivity index (χ1n) is 8.67. The van der Waals surface area contributed by atoms with Crippen molar-refractivity contribution >= 4 is 38.9 Å². The smallest absolute Gasteiger partial charge is 0.248 e. The lowest BCUT2D eigenvalue weighted by molar-refractivity contribution is -0.117. The number of amides is 1. The highest BCUT2D eigenvalue weighted by Crippen LogP contribution is 2.26. The second kappa shape index (κ2) is 8.31. The number of carbonyl (C=O) groups is 1. The normalized spacial score (nSPS) is 12.5. The number of aryl methyl sites for hydroxylation is 3. The lowest BCUT2D eigenvalue weighted by atomic mass is 10.1. The van der Waals surface area contributed by atoms with E-state index >= 15 is 0 Å². The maximum atomic E-state index is 13.0. The molecule has 146 valence electrons. The van der Waals surface area contributed by atoms with Gasteiger partial charge in [0.15, 0.2) is 0 Å². The molecule has 5 nitrogen and oxygen atoms in total. The fraction of sp³-hybridized carbons (Fsp3) is 0.350. The summed E-state index contributed by atoms with van der Waals surface area (Å²) in [6.45, 7) is 7.42. The van der Waals surface area contributed by atoms with Crippen molar-refractivity contribution in [3.63, 3.8) is 0 Å². The van der Waals surface area contributed by atoms with Gasteiger partial charge in [-0.05, 0) is 74.2 Å². The molecule has 0 unspecified atom stereocenters. The van der Waals surface area contributed by atoms with Gasteiger partial charge in [-0.15, -0.1) is 0 Å². The molecule has 0 spiro atoms. The predicted molar refractivity (Wildman–Crippen MR) is 112 cm³/mol. The quantitative estimate of drug-likeness (QED) is 0.767. The molecule has 0 aromatic heterocycles. The second-order valence-electron chi connectivity index (χ2n) is 6.78. The lowest BCUT2D eigenvalue weighted by Gasteiger charge is -2.30. The number of hydrogen-bond donors (Lipinski definition) is 1. The number of nitrogens with zero attached hydrogens (tertiary/aromatic N) is 1. The Bertz CT molecular complexity index is 937. The van der Waals surface area contributed by atoms with Crippen molar-refractivity contribution in [2.24, 2.45) is 0 Å². The molecule has 0 radical (unpaired) electrons. The van der Waals surface area contributed by atoms with Crippen molar-refractivity contribution < 1.29 is 13.2 Å². The van der Waals surface area contributed by atoms with Gasteiger partial charge in [-0.25, -0.2) is 8.42 Å². The second-order valence-corrected chi connectivity index (χ2v) is 9.07. The molecular formula is C20H25ClN2O3S. The van der Waals surface area contributed by atoms with Crippen LogP contribution in [0.25, 0.3) is 0 Å². The summed E-state index contributed by atoms with van der Waals surface area (Å²) in [5, 5.41) is 3.41. The van der Waals surface area contributed by atoms with Crippen LogP contribution in [0.1, 0.15) is 30.0 Å². The average molecular weight is 409 g/mol. The van der Waals surface area contributed by atoms with Gasteiger partial charge < -0.3 is 5.32 Å². The van der Waals surface area contributed by atoms with Gasteiger partial charge in [0.2, 0.25) is 15.9 Å². The highest BCUT2D eigenvalue weighted by atomic mass is 35.5. The van der Waals surface area contributed by atoms with Crippen molar-refractivity contribution in [3.8, 4) is 0 Å². The van der Waals surface area contributed by atoms with Gasteiger partial charge in [0.05, 0.1) is 11.9 Å². The Morgan fingerprint density at radius 2 is 1.70 bits per heavy atom. The van der Waals surface area contributed by atoms with Gasteiger partial charge >= 0.3 is 0 Å². The minimum Gasteiger partial charge on any atom is -0.324 e. The SMILES string of the molecule is CC[C@H](C(=O)Nc1ccc(Cl)cc1C)N(c1cc(C)cc(C)c1)S(C)(=O)=O. The van der Waals surface area contributed by atoms with E-state index in [0.29, 0.717) is 22.8 Å². The van der Waals surface area contributed by atoms with Gasteiger partial charge in [0.25, 0.3) is 0 Å². The molecule has 27 heavy (non-hydrogen) atoms. The first-order valence-corrected chi connectivity index (χ1v) is 10.9. The van der Waals surface area contributed by atoms with Crippen LogP contribution in [0.4, 0.5) is 11.4 Å². The molecule has 0 aliphatic heterocycles. The topological polar surface area (TPSA) is 66.5 Å². The molecular weight excluding hydrogens is 384 g/mol. The van der Waals surface area contributed by atoms with E-state index in [-0.39, 0.29) is 5.91 Å². The molecule has 0 aliphatic carbocycles. The fourth-order valence-electron chi connectivity index (χ4n) is 3.12. The van der Waals surface area contributed by atoms with E-state index in [9.17, 15) is 13.2 Å². The Morgan fingerprint density at radius 1 is 1.11 bits per heavy atom. The third-order valence-corrected chi connectivity index (χ3v) is 5.65. The molecule has 0 saturated carbocycles. The van der Waals surface area contributed by atoms with Crippen LogP contribution in [0.5, 0.6) is 0 Å². The summed E-state index contributed by atoms with van der Waals surface area (Å²) >= 11 is 5.96. The number of carbonyl (C=O) groups excluding carboxylic acids is 1. The fourth-order valence-corrected chi connectivity index (χ4v) is 4.54.